The Balaban J connectivity index is 1.61. The monoisotopic (exact) mass is 389 g/mol. The van der Waals surface area contributed by atoms with Crippen LogP contribution in [0, 0.1) is 0 Å². The average molecular weight is 389 g/mol. The topological polar surface area (TPSA) is 42.7 Å². The van der Waals surface area contributed by atoms with Crippen LogP contribution in [0.25, 0.3) is 22.6 Å². The van der Waals surface area contributed by atoms with Gasteiger partial charge in [0.1, 0.15) is 23.7 Å². The lowest BCUT2D eigenvalue weighted by Crippen LogP contribution is -2.27. The van der Waals surface area contributed by atoms with E-state index in [1.165, 1.54) is 0 Å². The molecular formula is C25H27NO3. The van der Waals surface area contributed by atoms with Crippen molar-refractivity contribution in [1.29, 1.82) is 0 Å². The Morgan fingerprint density at radius 1 is 1.07 bits per heavy atom. The Kier molecular flexibility index (Phi) is 5.81. The highest BCUT2D eigenvalue weighted by molar-refractivity contribution is 5.87. The minimum Gasteiger partial charge on any atom is -0.492 e. The molecule has 1 aliphatic carbocycles. The second kappa shape index (κ2) is 8.66. The van der Waals surface area contributed by atoms with Gasteiger partial charge in [-0.2, -0.15) is 0 Å². The summed E-state index contributed by atoms with van der Waals surface area (Å²) in [6.45, 7) is 7.78. The molecule has 0 saturated heterocycles. The van der Waals surface area contributed by atoms with Gasteiger partial charge in [-0.1, -0.05) is 44.2 Å². The molecule has 2 aromatic carbocycles. The van der Waals surface area contributed by atoms with Crippen molar-refractivity contribution in [2.75, 3.05) is 26.2 Å². The third-order valence-corrected chi connectivity index (χ3v) is 5.60. The van der Waals surface area contributed by atoms with Crippen LogP contribution in [0.4, 0.5) is 0 Å². The van der Waals surface area contributed by atoms with Crippen LogP contribution >= 0.6 is 0 Å². The number of nitrogens with zero attached hydrogens (tertiary/aromatic N) is 1. The summed E-state index contributed by atoms with van der Waals surface area (Å²) in [5.41, 5.74) is 3.66. The smallest absolute Gasteiger partial charge is 0.196 e. The molecule has 4 heteroatoms. The number of ether oxygens (including phenoxy) is 1. The number of rotatable bonds is 7. The zero-order valence-corrected chi connectivity index (χ0v) is 17.1. The Morgan fingerprint density at radius 3 is 2.62 bits per heavy atom. The van der Waals surface area contributed by atoms with Crippen LogP contribution < -0.4 is 10.2 Å². The van der Waals surface area contributed by atoms with E-state index in [0.29, 0.717) is 17.6 Å². The van der Waals surface area contributed by atoms with Crippen LogP contribution in [0.5, 0.6) is 5.75 Å². The summed E-state index contributed by atoms with van der Waals surface area (Å²) < 4.78 is 12.1. The summed E-state index contributed by atoms with van der Waals surface area (Å²) in [5, 5.41) is 0.602. The molecular weight excluding hydrogens is 362 g/mol. The lowest BCUT2D eigenvalue weighted by molar-refractivity contribution is 0.223. The standard InChI is InChI=1S/C25H27NO3/c1-3-26(4-2)14-15-28-20-11-13-23-22(17-20)24(27)21-12-10-19(25(21)29-23)16-18-8-6-5-7-9-18/h5-9,11,13,16-17H,3-4,10,12,14-15H2,1-2H3. The first-order valence-electron chi connectivity index (χ1n) is 10.4. The number of hydrogen-bond acceptors (Lipinski definition) is 4. The van der Waals surface area contributed by atoms with Crippen molar-refractivity contribution < 1.29 is 9.15 Å². The van der Waals surface area contributed by atoms with E-state index in [0.717, 1.165) is 60.7 Å². The Morgan fingerprint density at radius 2 is 1.86 bits per heavy atom. The zero-order valence-electron chi connectivity index (χ0n) is 17.1. The number of fused-ring (bicyclic) bond motifs is 2. The normalized spacial score (nSPS) is 14.7. The van der Waals surface area contributed by atoms with E-state index in [9.17, 15) is 4.79 Å². The number of likely N-dealkylation sites (N-methyl/N-ethyl adjacent to an activating group) is 1. The van der Waals surface area contributed by atoms with Gasteiger partial charge in [-0.05, 0) is 61.3 Å². The maximum absolute atomic E-state index is 13.1. The molecule has 29 heavy (non-hydrogen) atoms. The lowest BCUT2D eigenvalue weighted by atomic mass is 10.1. The van der Waals surface area contributed by atoms with Crippen molar-refractivity contribution in [3.63, 3.8) is 0 Å². The van der Waals surface area contributed by atoms with E-state index < -0.39 is 0 Å². The fourth-order valence-corrected chi connectivity index (χ4v) is 3.88. The SMILES string of the molecule is CCN(CC)CCOc1ccc2oc3c(c(=O)c2c1)CCC3=Cc1ccccc1. The van der Waals surface area contributed by atoms with Crippen molar-refractivity contribution in [2.45, 2.75) is 26.7 Å². The summed E-state index contributed by atoms with van der Waals surface area (Å²) in [4.78, 5) is 15.4. The third kappa shape index (κ3) is 4.13. The second-order valence-electron chi connectivity index (χ2n) is 7.35. The predicted octanol–water partition coefficient (Wildman–Crippen LogP) is 5.00. The van der Waals surface area contributed by atoms with Gasteiger partial charge >= 0.3 is 0 Å². The number of allylic oxidation sites excluding steroid dienone is 1. The molecule has 0 bridgehead atoms. The minimum atomic E-state index is 0.0619. The molecule has 0 atom stereocenters. The van der Waals surface area contributed by atoms with Gasteiger partial charge in [0, 0.05) is 12.1 Å². The number of hydrogen-bond donors (Lipinski definition) is 0. The van der Waals surface area contributed by atoms with Gasteiger partial charge < -0.3 is 14.1 Å². The quantitative estimate of drug-likeness (QED) is 0.570. The van der Waals surface area contributed by atoms with Gasteiger partial charge in [0.2, 0.25) is 0 Å². The van der Waals surface area contributed by atoms with Crippen molar-refractivity contribution in [2.24, 2.45) is 0 Å². The Labute approximate surface area is 171 Å². The summed E-state index contributed by atoms with van der Waals surface area (Å²) in [5.74, 6) is 1.46. The maximum Gasteiger partial charge on any atom is 0.196 e. The first-order chi connectivity index (χ1) is 14.2. The Bertz CT molecular complexity index is 1080. The Hall–Kier alpha value is -2.85. The third-order valence-electron chi connectivity index (χ3n) is 5.60. The molecule has 0 saturated carbocycles. The largest absolute Gasteiger partial charge is 0.492 e. The molecule has 4 nitrogen and oxygen atoms in total. The average Bonchev–Trinajstić information content (AvgIpc) is 3.15. The van der Waals surface area contributed by atoms with Gasteiger partial charge in [-0.3, -0.25) is 4.79 Å². The second-order valence-corrected chi connectivity index (χ2v) is 7.35. The molecule has 1 aromatic heterocycles. The van der Waals surface area contributed by atoms with E-state index in [4.69, 9.17) is 9.15 Å². The van der Waals surface area contributed by atoms with Crippen molar-refractivity contribution >= 4 is 22.6 Å². The summed E-state index contributed by atoms with van der Waals surface area (Å²) in [6, 6.07) is 15.7. The van der Waals surface area contributed by atoms with Gasteiger partial charge in [-0.15, -0.1) is 0 Å². The van der Waals surface area contributed by atoms with E-state index >= 15 is 0 Å². The van der Waals surface area contributed by atoms with Gasteiger partial charge in [0.25, 0.3) is 0 Å². The highest BCUT2D eigenvalue weighted by atomic mass is 16.5. The highest BCUT2D eigenvalue weighted by Gasteiger charge is 2.24. The van der Waals surface area contributed by atoms with E-state index in [1.54, 1.807) is 0 Å². The molecule has 1 heterocycles. The zero-order chi connectivity index (χ0) is 20.2. The fraction of sp³-hybridized carbons (Fsp3) is 0.320. The summed E-state index contributed by atoms with van der Waals surface area (Å²) >= 11 is 0. The predicted molar refractivity (Wildman–Crippen MR) is 118 cm³/mol. The van der Waals surface area contributed by atoms with Crippen molar-refractivity contribution in [1.82, 2.24) is 4.90 Å². The van der Waals surface area contributed by atoms with Crippen LogP contribution in [0.3, 0.4) is 0 Å². The van der Waals surface area contributed by atoms with Crippen LogP contribution in [0.1, 0.15) is 37.2 Å². The molecule has 0 fully saturated rings. The van der Waals surface area contributed by atoms with Crippen LogP contribution in [-0.2, 0) is 6.42 Å². The van der Waals surface area contributed by atoms with E-state index in [2.05, 4.69) is 37.0 Å². The first kappa shape index (κ1) is 19.5. The minimum absolute atomic E-state index is 0.0619. The molecule has 0 aliphatic heterocycles. The van der Waals surface area contributed by atoms with Crippen molar-refractivity contribution in [3.05, 3.63) is 75.6 Å². The van der Waals surface area contributed by atoms with E-state index in [1.807, 2.05) is 36.4 Å². The van der Waals surface area contributed by atoms with Gasteiger partial charge in [-0.25, -0.2) is 0 Å². The van der Waals surface area contributed by atoms with Gasteiger partial charge in [0.05, 0.1) is 5.39 Å². The highest BCUT2D eigenvalue weighted by Crippen LogP contribution is 2.34. The lowest BCUT2D eigenvalue weighted by Gasteiger charge is -2.18. The van der Waals surface area contributed by atoms with Crippen LogP contribution in [0.15, 0.2) is 57.7 Å². The first-order valence-corrected chi connectivity index (χ1v) is 10.4. The molecule has 0 spiro atoms. The summed E-state index contributed by atoms with van der Waals surface area (Å²) in [6.07, 6.45) is 3.66. The molecule has 0 unspecified atom stereocenters. The maximum atomic E-state index is 13.1. The molecule has 0 radical (unpaired) electrons. The summed E-state index contributed by atoms with van der Waals surface area (Å²) in [7, 11) is 0. The number of benzene rings is 2. The molecule has 4 rings (SSSR count). The van der Waals surface area contributed by atoms with Crippen LogP contribution in [0.2, 0.25) is 0 Å². The molecule has 0 amide bonds. The molecule has 150 valence electrons. The van der Waals surface area contributed by atoms with Gasteiger partial charge in [0.15, 0.2) is 5.43 Å². The molecule has 0 N–H and O–H groups in total. The van der Waals surface area contributed by atoms with Crippen molar-refractivity contribution in [3.8, 4) is 5.75 Å². The molecule has 3 aromatic rings. The fourth-order valence-electron chi connectivity index (χ4n) is 3.88. The molecule has 1 aliphatic rings. The van der Waals surface area contributed by atoms with E-state index in [-0.39, 0.29) is 5.43 Å². The van der Waals surface area contributed by atoms with Crippen LogP contribution in [-0.4, -0.2) is 31.1 Å².